The Morgan fingerprint density at radius 2 is 1.18 bits per heavy atom. The Hall–Kier alpha value is -1.80. The van der Waals surface area contributed by atoms with E-state index in [-0.39, 0.29) is 11.6 Å². The van der Waals surface area contributed by atoms with Crippen LogP contribution in [0.1, 0.15) is 0 Å². The van der Waals surface area contributed by atoms with Crippen molar-refractivity contribution in [3.8, 4) is 0 Å². The molecule has 0 aromatic carbocycles. The predicted octanol–water partition coefficient (Wildman–Crippen LogP) is 0.152. The summed E-state index contributed by atoms with van der Waals surface area (Å²) in [5, 5.41) is 5.40. The number of isocyanates is 1. The maximum atomic E-state index is 10.3. The Morgan fingerprint density at radius 3 is 1.36 bits per heavy atom. The molecule has 1 aliphatic carbocycles. The monoisotopic (exact) mass is 151 g/mol. The first-order valence-corrected chi connectivity index (χ1v) is 2.68. The van der Waals surface area contributed by atoms with Crippen molar-refractivity contribution in [1.29, 1.82) is 5.41 Å². The quantitative estimate of drug-likeness (QED) is 0.304. The number of rotatable bonds is 0. The average Bonchev–Trinajstić information content (AvgIpc) is 1.97. The average molecular weight is 151 g/mol. The largest absolute Gasteiger partial charge is 0.290 e. The molecule has 0 heterocycles. The Labute approximate surface area is 62.7 Å². The van der Waals surface area contributed by atoms with Crippen molar-refractivity contribution < 1.29 is 14.4 Å². The summed E-state index contributed by atoms with van der Waals surface area (Å²) in [6.07, 6.45) is 5.76. The van der Waals surface area contributed by atoms with Gasteiger partial charge in [-0.25, -0.2) is 10.2 Å². The molecule has 0 fully saturated rings. The van der Waals surface area contributed by atoms with Crippen LogP contribution in [0.15, 0.2) is 24.3 Å². The first-order chi connectivity index (χ1) is 5.20. The maximum absolute atomic E-state index is 10.3. The summed E-state index contributed by atoms with van der Waals surface area (Å²) in [4.78, 5) is 28.9. The van der Waals surface area contributed by atoms with Gasteiger partial charge in [-0.3, -0.25) is 9.59 Å². The zero-order valence-corrected chi connectivity index (χ0v) is 5.53. The lowest BCUT2D eigenvalue weighted by Gasteiger charge is -1.87. The molecule has 0 spiro atoms. The SMILES string of the molecule is N=C=O.O=C1C=CC(=O)C=C1. The van der Waals surface area contributed by atoms with Crippen LogP contribution in [-0.4, -0.2) is 17.6 Å². The Kier molecular flexibility index (Phi) is 4.20. The van der Waals surface area contributed by atoms with E-state index in [4.69, 9.17) is 10.2 Å². The third-order valence-corrected chi connectivity index (χ3v) is 0.824. The van der Waals surface area contributed by atoms with E-state index >= 15 is 0 Å². The van der Waals surface area contributed by atoms with Crippen LogP contribution < -0.4 is 0 Å². The van der Waals surface area contributed by atoms with Gasteiger partial charge in [0.25, 0.3) is 0 Å². The van der Waals surface area contributed by atoms with E-state index in [1.54, 1.807) is 0 Å². The molecule has 0 saturated carbocycles. The number of hydrogen-bond acceptors (Lipinski definition) is 4. The molecule has 0 aromatic heterocycles. The molecule has 0 bridgehead atoms. The summed E-state index contributed by atoms with van der Waals surface area (Å²) in [6, 6.07) is 0. The minimum atomic E-state index is -0.121. The third kappa shape index (κ3) is 4.69. The van der Waals surface area contributed by atoms with Gasteiger partial charge in [0, 0.05) is 0 Å². The first kappa shape index (κ1) is 9.20. The molecule has 4 heteroatoms. The fourth-order valence-corrected chi connectivity index (χ4v) is 0.440. The van der Waals surface area contributed by atoms with Crippen molar-refractivity contribution >= 4 is 17.6 Å². The van der Waals surface area contributed by atoms with Gasteiger partial charge in [-0.1, -0.05) is 0 Å². The van der Waals surface area contributed by atoms with Gasteiger partial charge in [-0.2, -0.15) is 0 Å². The number of hydrogen-bond donors (Lipinski definition) is 1. The fourth-order valence-electron chi connectivity index (χ4n) is 0.440. The van der Waals surface area contributed by atoms with Crippen LogP contribution in [0.5, 0.6) is 0 Å². The normalized spacial score (nSPS) is 13.5. The van der Waals surface area contributed by atoms with Gasteiger partial charge in [-0.05, 0) is 24.3 Å². The standard InChI is InChI=1S/C6H4O2.CHNO/c7-5-1-2-6(8)4-3-5;2-1-3/h1-4H;2H. The van der Waals surface area contributed by atoms with Gasteiger partial charge in [0.1, 0.15) is 0 Å². The van der Waals surface area contributed by atoms with E-state index in [1.807, 2.05) is 0 Å². The molecular formula is C7H5NO3. The molecule has 11 heavy (non-hydrogen) atoms. The number of nitrogens with one attached hydrogen (secondary N) is 1. The summed E-state index contributed by atoms with van der Waals surface area (Å²) in [5.41, 5.74) is 0. The number of carbonyl (C=O) groups excluding carboxylic acids is 3. The van der Waals surface area contributed by atoms with Crippen molar-refractivity contribution in [2.45, 2.75) is 0 Å². The third-order valence-electron chi connectivity index (χ3n) is 0.824. The number of allylic oxidation sites excluding steroid dienone is 4. The van der Waals surface area contributed by atoms with Gasteiger partial charge < -0.3 is 0 Å². The van der Waals surface area contributed by atoms with Crippen LogP contribution in [0.3, 0.4) is 0 Å². The van der Waals surface area contributed by atoms with E-state index in [2.05, 4.69) is 0 Å². The van der Waals surface area contributed by atoms with Crippen molar-refractivity contribution in [3.63, 3.8) is 0 Å². The lowest BCUT2D eigenvalue weighted by atomic mass is 10.2. The molecule has 0 amide bonds. The summed E-state index contributed by atoms with van der Waals surface area (Å²) in [6.45, 7) is 0. The summed E-state index contributed by atoms with van der Waals surface area (Å²) in [5.74, 6) is -0.241. The molecule has 56 valence electrons. The van der Waals surface area contributed by atoms with Crippen LogP contribution in [0.2, 0.25) is 0 Å². The zero-order chi connectivity index (χ0) is 8.69. The highest BCUT2D eigenvalue weighted by Crippen LogP contribution is 1.90. The second-order valence-corrected chi connectivity index (χ2v) is 1.57. The minimum absolute atomic E-state index is 0.121. The van der Waals surface area contributed by atoms with E-state index in [9.17, 15) is 9.59 Å². The van der Waals surface area contributed by atoms with Crippen molar-refractivity contribution in [3.05, 3.63) is 24.3 Å². The Morgan fingerprint density at radius 1 is 1.00 bits per heavy atom. The topological polar surface area (TPSA) is 75.1 Å². The summed E-state index contributed by atoms with van der Waals surface area (Å²) >= 11 is 0. The molecule has 1 N–H and O–H groups in total. The van der Waals surface area contributed by atoms with E-state index in [0.29, 0.717) is 0 Å². The van der Waals surface area contributed by atoms with Crippen LogP contribution >= 0.6 is 0 Å². The first-order valence-electron chi connectivity index (χ1n) is 2.68. The van der Waals surface area contributed by atoms with Crippen LogP contribution in [0.4, 0.5) is 0 Å². The molecule has 0 unspecified atom stereocenters. The summed E-state index contributed by atoms with van der Waals surface area (Å²) in [7, 11) is 0. The van der Waals surface area contributed by atoms with Crippen LogP contribution in [-0.2, 0) is 14.4 Å². The van der Waals surface area contributed by atoms with E-state index in [1.165, 1.54) is 24.3 Å². The van der Waals surface area contributed by atoms with Crippen molar-refractivity contribution in [2.24, 2.45) is 0 Å². The highest BCUT2D eigenvalue weighted by Gasteiger charge is 1.97. The molecule has 0 aliphatic heterocycles. The zero-order valence-electron chi connectivity index (χ0n) is 5.53. The van der Waals surface area contributed by atoms with E-state index in [0.717, 1.165) is 6.08 Å². The van der Waals surface area contributed by atoms with Crippen LogP contribution in [0, 0.1) is 5.41 Å². The number of carbonyl (C=O) groups is 2. The molecule has 1 aliphatic rings. The highest BCUT2D eigenvalue weighted by atomic mass is 16.1. The maximum Gasteiger partial charge on any atom is 0.231 e. The number of ketones is 2. The van der Waals surface area contributed by atoms with Crippen molar-refractivity contribution in [2.75, 3.05) is 0 Å². The van der Waals surface area contributed by atoms with Gasteiger partial charge in [0.15, 0.2) is 11.6 Å². The van der Waals surface area contributed by atoms with Gasteiger partial charge in [0.2, 0.25) is 6.08 Å². The molecule has 1 rings (SSSR count). The lowest BCUT2D eigenvalue weighted by Crippen LogP contribution is -1.97. The Balaban J connectivity index is 0.000000292. The minimum Gasteiger partial charge on any atom is -0.290 e. The second kappa shape index (κ2) is 5.02. The van der Waals surface area contributed by atoms with Gasteiger partial charge >= 0.3 is 0 Å². The van der Waals surface area contributed by atoms with Crippen LogP contribution in [0.25, 0.3) is 0 Å². The lowest BCUT2D eigenvalue weighted by molar-refractivity contribution is -0.113. The second-order valence-electron chi connectivity index (χ2n) is 1.57. The molecule has 0 saturated heterocycles. The Bertz CT molecular complexity index is 219. The molecule has 0 radical (unpaired) electrons. The van der Waals surface area contributed by atoms with Crippen molar-refractivity contribution in [1.82, 2.24) is 0 Å². The highest BCUT2D eigenvalue weighted by molar-refractivity contribution is 6.14. The predicted molar refractivity (Wildman–Crippen MR) is 36.7 cm³/mol. The fraction of sp³-hybridized carbons (Fsp3) is 0. The van der Waals surface area contributed by atoms with Gasteiger partial charge in [0.05, 0.1) is 0 Å². The smallest absolute Gasteiger partial charge is 0.231 e. The molecule has 4 nitrogen and oxygen atoms in total. The molecular weight excluding hydrogens is 146 g/mol. The molecule has 0 aromatic rings. The van der Waals surface area contributed by atoms with Gasteiger partial charge in [-0.15, -0.1) is 0 Å². The van der Waals surface area contributed by atoms with E-state index < -0.39 is 0 Å². The summed E-state index contributed by atoms with van der Waals surface area (Å²) < 4.78 is 0. The molecule has 0 atom stereocenters.